The number of aryl methyl sites for hydroxylation is 2. The second-order valence-electron chi connectivity index (χ2n) is 2.91. The molecule has 0 N–H and O–H groups in total. The summed E-state index contributed by atoms with van der Waals surface area (Å²) in [6.45, 7) is 2.08. The van der Waals surface area contributed by atoms with Crippen LogP contribution >= 0.6 is 0 Å². The molecule has 0 atom stereocenters. The van der Waals surface area contributed by atoms with E-state index >= 15 is 0 Å². The lowest BCUT2D eigenvalue weighted by Gasteiger charge is -1.96. The Hall–Kier alpha value is -0.760. The van der Waals surface area contributed by atoms with Crippen LogP contribution in [0.25, 0.3) is 0 Å². The number of hydrogen-bond donors (Lipinski definition) is 0. The van der Waals surface area contributed by atoms with Crippen LogP contribution < -0.4 is 0 Å². The molecule has 0 saturated carbocycles. The minimum absolute atomic E-state index is 0.674. The summed E-state index contributed by atoms with van der Waals surface area (Å²) in [5, 5.41) is 0. The van der Waals surface area contributed by atoms with Gasteiger partial charge < -0.3 is 0 Å². The lowest BCUT2D eigenvalue weighted by molar-refractivity contribution is 0.603. The van der Waals surface area contributed by atoms with Crippen molar-refractivity contribution in [2.75, 3.05) is 5.75 Å². The molecule has 0 radical (unpaired) electrons. The lowest BCUT2D eigenvalue weighted by Crippen LogP contribution is -1.88. The van der Waals surface area contributed by atoms with Crippen LogP contribution in [0.4, 0.5) is 0 Å². The van der Waals surface area contributed by atoms with Crippen molar-refractivity contribution in [3.63, 3.8) is 0 Å². The zero-order valence-corrected chi connectivity index (χ0v) is 8.06. The summed E-state index contributed by atoms with van der Waals surface area (Å²) in [5.41, 5.74) is 2.62. The topological polar surface area (TPSA) is 17.1 Å². The SMILES string of the molecule is Cc1ccc(CCC[S+]=O)cc1. The summed E-state index contributed by atoms with van der Waals surface area (Å²) >= 11 is 0.674. The zero-order chi connectivity index (χ0) is 8.81. The Balaban J connectivity index is 2.42. The third kappa shape index (κ3) is 3.09. The Labute approximate surface area is 77.3 Å². The van der Waals surface area contributed by atoms with Crippen molar-refractivity contribution < 1.29 is 4.21 Å². The smallest absolute Gasteiger partial charge is 0.0591 e. The van der Waals surface area contributed by atoms with E-state index in [1.807, 2.05) is 0 Å². The molecule has 0 heterocycles. The quantitative estimate of drug-likeness (QED) is 0.515. The van der Waals surface area contributed by atoms with Gasteiger partial charge in [-0.2, -0.15) is 0 Å². The molecule has 1 nitrogen and oxygen atoms in total. The van der Waals surface area contributed by atoms with Crippen LogP contribution in [0.3, 0.4) is 0 Å². The molecule has 0 aromatic heterocycles. The van der Waals surface area contributed by atoms with Gasteiger partial charge in [-0.25, -0.2) is 0 Å². The minimum atomic E-state index is 0.674. The molecule has 2 heteroatoms. The van der Waals surface area contributed by atoms with E-state index in [0.29, 0.717) is 17.4 Å². The van der Waals surface area contributed by atoms with Gasteiger partial charge in [-0.15, -0.1) is 0 Å². The molecule has 0 spiro atoms. The Morgan fingerprint density at radius 3 is 2.50 bits per heavy atom. The summed E-state index contributed by atoms with van der Waals surface area (Å²) in [6, 6.07) is 8.48. The second-order valence-corrected chi connectivity index (χ2v) is 3.56. The Morgan fingerprint density at radius 2 is 1.92 bits per heavy atom. The molecule has 64 valence electrons. The maximum absolute atomic E-state index is 10.1. The summed E-state index contributed by atoms with van der Waals surface area (Å²) in [7, 11) is 0. The molecule has 0 fully saturated rings. The maximum atomic E-state index is 10.1. The first kappa shape index (κ1) is 9.33. The number of hydrogen-bond acceptors (Lipinski definition) is 1. The van der Waals surface area contributed by atoms with Crippen molar-refractivity contribution in [2.24, 2.45) is 0 Å². The highest BCUT2D eigenvalue weighted by Gasteiger charge is 1.98. The second kappa shape index (κ2) is 4.99. The van der Waals surface area contributed by atoms with E-state index < -0.39 is 0 Å². The van der Waals surface area contributed by atoms with Gasteiger partial charge in [-0.05, 0) is 18.9 Å². The van der Waals surface area contributed by atoms with Crippen LogP contribution in [-0.4, -0.2) is 5.75 Å². The highest BCUT2D eigenvalue weighted by Crippen LogP contribution is 2.05. The normalized spacial score (nSPS) is 9.75. The summed E-state index contributed by atoms with van der Waals surface area (Å²) in [4.78, 5) is 0. The van der Waals surface area contributed by atoms with E-state index in [-0.39, 0.29) is 0 Å². The van der Waals surface area contributed by atoms with Gasteiger partial charge in [0.1, 0.15) is 0 Å². The average Bonchev–Trinajstić information content (AvgIpc) is 2.09. The first-order chi connectivity index (χ1) is 5.83. The van der Waals surface area contributed by atoms with Gasteiger partial charge in [-0.1, -0.05) is 29.8 Å². The van der Waals surface area contributed by atoms with Gasteiger partial charge in [0.25, 0.3) is 0 Å². The molecular formula is C10H13OS+. The summed E-state index contributed by atoms with van der Waals surface area (Å²) in [5.74, 6) is 0.716. The molecule has 1 aromatic carbocycles. The molecule has 0 aliphatic rings. The van der Waals surface area contributed by atoms with Crippen LogP contribution in [0.1, 0.15) is 17.5 Å². The van der Waals surface area contributed by atoms with Gasteiger partial charge in [0.2, 0.25) is 5.75 Å². The first-order valence-electron chi connectivity index (χ1n) is 4.13. The van der Waals surface area contributed by atoms with Gasteiger partial charge >= 0.3 is 11.7 Å². The van der Waals surface area contributed by atoms with E-state index in [9.17, 15) is 4.21 Å². The Bertz CT molecular complexity index is 241. The van der Waals surface area contributed by atoms with E-state index in [1.54, 1.807) is 0 Å². The predicted molar refractivity (Wildman–Crippen MR) is 52.4 cm³/mol. The fraction of sp³-hybridized carbons (Fsp3) is 0.400. The monoisotopic (exact) mass is 181 g/mol. The van der Waals surface area contributed by atoms with Crippen LogP contribution in [0.2, 0.25) is 0 Å². The highest BCUT2D eigenvalue weighted by molar-refractivity contribution is 7.65. The average molecular weight is 181 g/mol. The lowest BCUT2D eigenvalue weighted by atomic mass is 10.1. The molecule has 0 aliphatic carbocycles. The fourth-order valence-corrected chi connectivity index (χ4v) is 1.35. The predicted octanol–water partition coefficient (Wildman–Crippen LogP) is 2.36. The van der Waals surface area contributed by atoms with Crippen LogP contribution in [0.5, 0.6) is 0 Å². The summed E-state index contributed by atoms with van der Waals surface area (Å²) in [6.07, 6.45) is 2.01. The molecule has 0 amide bonds. The van der Waals surface area contributed by atoms with Crippen molar-refractivity contribution in [1.29, 1.82) is 0 Å². The molecule has 1 rings (SSSR count). The third-order valence-corrected chi connectivity index (χ3v) is 2.27. The molecule has 12 heavy (non-hydrogen) atoms. The zero-order valence-electron chi connectivity index (χ0n) is 7.25. The number of benzene rings is 1. The van der Waals surface area contributed by atoms with Gasteiger partial charge in [0.15, 0.2) is 0 Å². The van der Waals surface area contributed by atoms with Crippen molar-refractivity contribution in [2.45, 2.75) is 19.8 Å². The third-order valence-electron chi connectivity index (χ3n) is 1.81. The maximum Gasteiger partial charge on any atom is 0.458 e. The van der Waals surface area contributed by atoms with Crippen LogP contribution in [0, 0.1) is 6.92 Å². The van der Waals surface area contributed by atoms with Crippen LogP contribution in [-0.2, 0) is 22.3 Å². The van der Waals surface area contributed by atoms with E-state index in [1.165, 1.54) is 11.1 Å². The van der Waals surface area contributed by atoms with E-state index in [2.05, 4.69) is 31.2 Å². The Morgan fingerprint density at radius 1 is 1.25 bits per heavy atom. The van der Waals surface area contributed by atoms with Gasteiger partial charge in [0, 0.05) is 10.6 Å². The standard InChI is InChI=1S/C10H13OS/c1-9-4-6-10(7-5-9)3-2-8-12-11/h4-7H,2-3,8H2,1H3/q+1. The first-order valence-corrected chi connectivity index (χ1v) is 5.04. The van der Waals surface area contributed by atoms with E-state index in [0.717, 1.165) is 12.8 Å². The van der Waals surface area contributed by atoms with Crippen molar-refractivity contribution in [3.05, 3.63) is 35.4 Å². The molecule has 0 aliphatic heterocycles. The molecular weight excluding hydrogens is 168 g/mol. The van der Waals surface area contributed by atoms with Crippen LogP contribution in [0.15, 0.2) is 24.3 Å². The van der Waals surface area contributed by atoms with Gasteiger partial charge in [-0.3, -0.25) is 0 Å². The summed E-state index contributed by atoms with van der Waals surface area (Å²) < 4.78 is 10.1. The molecule has 0 saturated heterocycles. The van der Waals surface area contributed by atoms with Crippen molar-refractivity contribution in [1.82, 2.24) is 0 Å². The molecule has 1 aromatic rings. The highest BCUT2D eigenvalue weighted by atomic mass is 32.1. The Kier molecular flexibility index (Phi) is 3.88. The van der Waals surface area contributed by atoms with E-state index in [4.69, 9.17) is 0 Å². The largest absolute Gasteiger partial charge is 0.458 e. The fourth-order valence-electron chi connectivity index (χ4n) is 1.09. The van der Waals surface area contributed by atoms with Crippen molar-refractivity contribution >= 4 is 11.7 Å². The number of rotatable bonds is 4. The molecule has 0 unspecified atom stereocenters. The van der Waals surface area contributed by atoms with Gasteiger partial charge in [0.05, 0.1) is 0 Å². The minimum Gasteiger partial charge on any atom is -0.0591 e. The van der Waals surface area contributed by atoms with Crippen molar-refractivity contribution in [3.8, 4) is 0 Å². The molecule has 0 bridgehead atoms.